The molecule has 1 heterocycles. The third kappa shape index (κ3) is 4.24. The summed E-state index contributed by atoms with van der Waals surface area (Å²) in [6, 6.07) is 15.5. The fourth-order valence-corrected chi connectivity index (χ4v) is 2.74. The Morgan fingerprint density at radius 1 is 1.12 bits per heavy atom. The van der Waals surface area contributed by atoms with E-state index in [4.69, 9.17) is 9.47 Å². The van der Waals surface area contributed by atoms with Crippen LogP contribution in [0.5, 0.6) is 11.5 Å². The van der Waals surface area contributed by atoms with Crippen LogP contribution in [0.2, 0.25) is 0 Å². The van der Waals surface area contributed by atoms with Gasteiger partial charge in [0.2, 0.25) is 0 Å². The van der Waals surface area contributed by atoms with Crippen molar-refractivity contribution in [1.29, 1.82) is 0 Å². The molecule has 1 N–H and O–H groups in total. The van der Waals surface area contributed by atoms with Crippen LogP contribution in [0.1, 0.15) is 25.8 Å². The summed E-state index contributed by atoms with van der Waals surface area (Å²) < 4.78 is 11.1. The van der Waals surface area contributed by atoms with Gasteiger partial charge in [0, 0.05) is 24.3 Å². The Bertz CT molecular complexity index is 718. The molecule has 1 aliphatic rings. The SMILES string of the molecule is CCC(C)N(Cc1ccccc1)C(=O)Nc1ccc2c(c1)OCCO2. The number of carbonyl (C=O) groups is 1. The zero-order valence-electron chi connectivity index (χ0n) is 14.7. The van der Waals surface area contributed by atoms with Gasteiger partial charge in [-0.05, 0) is 31.0 Å². The van der Waals surface area contributed by atoms with Gasteiger partial charge in [-0.1, -0.05) is 37.3 Å². The average Bonchev–Trinajstić information content (AvgIpc) is 2.66. The maximum absolute atomic E-state index is 12.8. The first-order valence-corrected chi connectivity index (χ1v) is 8.68. The molecule has 132 valence electrons. The van der Waals surface area contributed by atoms with Crippen LogP contribution in [-0.2, 0) is 6.54 Å². The number of rotatable bonds is 5. The quantitative estimate of drug-likeness (QED) is 0.883. The first kappa shape index (κ1) is 17.1. The van der Waals surface area contributed by atoms with Gasteiger partial charge in [-0.2, -0.15) is 0 Å². The van der Waals surface area contributed by atoms with E-state index in [-0.39, 0.29) is 12.1 Å². The summed E-state index contributed by atoms with van der Waals surface area (Å²) >= 11 is 0. The first-order chi connectivity index (χ1) is 12.2. The number of anilines is 1. The number of ether oxygens (including phenoxy) is 2. The van der Waals surface area contributed by atoms with E-state index in [2.05, 4.69) is 19.2 Å². The van der Waals surface area contributed by atoms with E-state index in [1.807, 2.05) is 53.4 Å². The van der Waals surface area contributed by atoms with Crippen molar-refractivity contribution in [3.63, 3.8) is 0 Å². The number of hydrogen-bond donors (Lipinski definition) is 1. The first-order valence-electron chi connectivity index (χ1n) is 8.68. The van der Waals surface area contributed by atoms with Crippen LogP contribution in [0.3, 0.4) is 0 Å². The summed E-state index contributed by atoms with van der Waals surface area (Å²) in [4.78, 5) is 14.7. The maximum Gasteiger partial charge on any atom is 0.322 e. The third-order valence-corrected chi connectivity index (χ3v) is 4.37. The lowest BCUT2D eigenvalue weighted by molar-refractivity contribution is 0.171. The van der Waals surface area contributed by atoms with E-state index in [1.165, 1.54) is 0 Å². The molecular formula is C20H24N2O3. The molecule has 0 radical (unpaired) electrons. The second-order valence-electron chi connectivity index (χ2n) is 6.16. The standard InChI is InChI=1S/C20H24N2O3/c1-3-15(2)22(14-16-7-5-4-6-8-16)20(23)21-17-9-10-18-19(13-17)25-12-11-24-18/h4-10,13,15H,3,11-12,14H2,1-2H3,(H,21,23). The van der Waals surface area contributed by atoms with Gasteiger partial charge in [0.1, 0.15) is 13.2 Å². The van der Waals surface area contributed by atoms with Crippen molar-refractivity contribution in [2.24, 2.45) is 0 Å². The zero-order valence-corrected chi connectivity index (χ0v) is 14.7. The summed E-state index contributed by atoms with van der Waals surface area (Å²) in [5.41, 5.74) is 1.82. The Morgan fingerprint density at radius 2 is 1.84 bits per heavy atom. The van der Waals surface area contributed by atoms with E-state index in [9.17, 15) is 4.79 Å². The molecule has 2 aromatic rings. The molecule has 2 aromatic carbocycles. The van der Waals surface area contributed by atoms with E-state index in [0.717, 1.165) is 12.0 Å². The minimum Gasteiger partial charge on any atom is -0.486 e. The largest absolute Gasteiger partial charge is 0.486 e. The van der Waals surface area contributed by atoms with E-state index in [1.54, 1.807) is 0 Å². The molecule has 0 fully saturated rings. The van der Waals surface area contributed by atoms with Crippen LogP contribution >= 0.6 is 0 Å². The van der Waals surface area contributed by atoms with Crippen molar-refractivity contribution in [3.05, 3.63) is 54.1 Å². The summed E-state index contributed by atoms with van der Waals surface area (Å²) in [5, 5.41) is 2.98. The van der Waals surface area contributed by atoms with Crippen LogP contribution < -0.4 is 14.8 Å². The molecular weight excluding hydrogens is 316 g/mol. The van der Waals surface area contributed by atoms with Crippen molar-refractivity contribution in [2.75, 3.05) is 18.5 Å². The van der Waals surface area contributed by atoms with Gasteiger partial charge in [-0.3, -0.25) is 0 Å². The average molecular weight is 340 g/mol. The molecule has 1 unspecified atom stereocenters. The van der Waals surface area contributed by atoms with Gasteiger partial charge < -0.3 is 19.7 Å². The molecule has 3 rings (SSSR count). The Labute approximate surface area is 148 Å². The fraction of sp³-hybridized carbons (Fsp3) is 0.350. The highest BCUT2D eigenvalue weighted by molar-refractivity contribution is 5.90. The highest BCUT2D eigenvalue weighted by Gasteiger charge is 2.20. The lowest BCUT2D eigenvalue weighted by atomic mass is 10.1. The van der Waals surface area contributed by atoms with Gasteiger partial charge >= 0.3 is 6.03 Å². The topological polar surface area (TPSA) is 50.8 Å². The van der Waals surface area contributed by atoms with Gasteiger partial charge in [0.15, 0.2) is 11.5 Å². The van der Waals surface area contributed by atoms with Crippen LogP contribution in [0.25, 0.3) is 0 Å². The van der Waals surface area contributed by atoms with Crippen molar-refractivity contribution in [1.82, 2.24) is 4.90 Å². The molecule has 1 aliphatic heterocycles. The van der Waals surface area contributed by atoms with Crippen molar-refractivity contribution in [3.8, 4) is 11.5 Å². The number of nitrogens with one attached hydrogen (secondary N) is 1. The minimum absolute atomic E-state index is 0.116. The number of carbonyl (C=O) groups excluding carboxylic acids is 1. The lowest BCUT2D eigenvalue weighted by Gasteiger charge is -2.29. The monoisotopic (exact) mass is 340 g/mol. The van der Waals surface area contributed by atoms with E-state index in [0.29, 0.717) is 36.9 Å². The molecule has 0 saturated heterocycles. The second kappa shape index (κ2) is 7.92. The van der Waals surface area contributed by atoms with Gasteiger partial charge in [-0.25, -0.2) is 4.79 Å². The minimum atomic E-state index is -0.116. The molecule has 1 atom stereocenters. The van der Waals surface area contributed by atoms with E-state index < -0.39 is 0 Å². The lowest BCUT2D eigenvalue weighted by Crippen LogP contribution is -2.40. The molecule has 5 nitrogen and oxygen atoms in total. The van der Waals surface area contributed by atoms with Crippen molar-refractivity contribution >= 4 is 11.7 Å². The molecule has 25 heavy (non-hydrogen) atoms. The number of nitrogens with zero attached hydrogens (tertiary/aromatic N) is 1. The Hall–Kier alpha value is -2.69. The Kier molecular flexibility index (Phi) is 5.43. The Balaban J connectivity index is 1.73. The highest BCUT2D eigenvalue weighted by atomic mass is 16.6. The molecule has 0 saturated carbocycles. The molecule has 0 spiro atoms. The molecule has 0 aliphatic carbocycles. The maximum atomic E-state index is 12.8. The second-order valence-corrected chi connectivity index (χ2v) is 6.16. The smallest absolute Gasteiger partial charge is 0.322 e. The number of benzene rings is 2. The highest BCUT2D eigenvalue weighted by Crippen LogP contribution is 2.32. The molecule has 0 bridgehead atoms. The molecule has 5 heteroatoms. The van der Waals surface area contributed by atoms with E-state index >= 15 is 0 Å². The van der Waals surface area contributed by atoms with Crippen molar-refractivity contribution in [2.45, 2.75) is 32.9 Å². The van der Waals surface area contributed by atoms with Crippen LogP contribution in [0.15, 0.2) is 48.5 Å². The Morgan fingerprint density at radius 3 is 2.56 bits per heavy atom. The predicted molar refractivity (Wildman–Crippen MR) is 98.2 cm³/mol. The summed E-state index contributed by atoms with van der Waals surface area (Å²) in [5.74, 6) is 1.38. The normalized spacial score (nSPS) is 13.8. The predicted octanol–water partition coefficient (Wildman–Crippen LogP) is 4.29. The number of fused-ring (bicyclic) bond motifs is 1. The summed E-state index contributed by atoms with van der Waals surface area (Å²) in [6.07, 6.45) is 0.890. The zero-order chi connectivity index (χ0) is 17.6. The van der Waals surface area contributed by atoms with Gasteiger partial charge in [-0.15, -0.1) is 0 Å². The fourth-order valence-electron chi connectivity index (χ4n) is 2.74. The van der Waals surface area contributed by atoms with Crippen LogP contribution in [0.4, 0.5) is 10.5 Å². The van der Waals surface area contributed by atoms with Crippen LogP contribution in [0, 0.1) is 0 Å². The number of amides is 2. The number of urea groups is 1. The van der Waals surface area contributed by atoms with Crippen LogP contribution in [-0.4, -0.2) is 30.2 Å². The number of hydrogen-bond acceptors (Lipinski definition) is 3. The summed E-state index contributed by atoms with van der Waals surface area (Å²) in [7, 11) is 0. The molecule has 0 aromatic heterocycles. The van der Waals surface area contributed by atoms with Gasteiger partial charge in [0.25, 0.3) is 0 Å². The third-order valence-electron chi connectivity index (χ3n) is 4.37. The molecule has 2 amide bonds. The van der Waals surface area contributed by atoms with Gasteiger partial charge in [0.05, 0.1) is 0 Å². The van der Waals surface area contributed by atoms with Crippen molar-refractivity contribution < 1.29 is 14.3 Å². The summed E-state index contributed by atoms with van der Waals surface area (Å²) in [6.45, 7) is 5.80.